The lowest BCUT2D eigenvalue weighted by molar-refractivity contribution is -0.140. The summed E-state index contributed by atoms with van der Waals surface area (Å²) in [6.45, 7) is 9.02. The van der Waals surface area contributed by atoms with Crippen molar-refractivity contribution in [3.05, 3.63) is 0 Å². The molecule has 6 nitrogen and oxygen atoms in total. The van der Waals surface area contributed by atoms with Crippen LogP contribution in [0.1, 0.15) is 13.8 Å². The first-order valence-corrected chi connectivity index (χ1v) is 6.93. The zero-order valence-electron chi connectivity index (χ0n) is 11.8. The van der Waals surface area contributed by atoms with Gasteiger partial charge >= 0.3 is 0 Å². The second-order valence-electron chi connectivity index (χ2n) is 5.30. The highest BCUT2D eigenvalue weighted by atomic mass is 16.5. The van der Waals surface area contributed by atoms with Crippen LogP contribution in [-0.4, -0.2) is 85.0 Å². The topological polar surface area (TPSA) is 53.1 Å². The number of carbonyl (C=O) groups is 2. The van der Waals surface area contributed by atoms with Crippen LogP contribution >= 0.6 is 0 Å². The van der Waals surface area contributed by atoms with E-state index in [0.29, 0.717) is 39.3 Å². The highest BCUT2D eigenvalue weighted by Gasteiger charge is 2.25. The monoisotopic (exact) mass is 269 g/mol. The first-order valence-electron chi connectivity index (χ1n) is 6.93. The number of ether oxygens (including phenoxy) is 1. The van der Waals surface area contributed by atoms with E-state index in [1.165, 1.54) is 0 Å². The van der Waals surface area contributed by atoms with Crippen LogP contribution in [0.15, 0.2) is 0 Å². The SMILES string of the molecule is CC(=O)N1CCN(C(=O)CN2CCOC(C)C2)CC1. The number of carbonyl (C=O) groups excluding carboxylic acids is 2. The zero-order valence-corrected chi connectivity index (χ0v) is 11.8. The van der Waals surface area contributed by atoms with Gasteiger partial charge in [0.05, 0.1) is 19.3 Å². The van der Waals surface area contributed by atoms with Crippen molar-refractivity contribution in [3.63, 3.8) is 0 Å². The maximum atomic E-state index is 12.2. The fourth-order valence-electron chi connectivity index (χ4n) is 2.60. The molecule has 0 bridgehead atoms. The molecule has 2 saturated heterocycles. The fraction of sp³-hybridized carbons (Fsp3) is 0.846. The summed E-state index contributed by atoms with van der Waals surface area (Å²) in [6, 6.07) is 0. The standard InChI is InChI=1S/C13H23N3O3/c1-11-9-14(7-8-19-11)10-13(18)16-5-3-15(4-6-16)12(2)17/h11H,3-10H2,1-2H3. The van der Waals surface area contributed by atoms with Crippen molar-refractivity contribution in [2.24, 2.45) is 0 Å². The molecule has 2 aliphatic rings. The van der Waals surface area contributed by atoms with Crippen LogP contribution < -0.4 is 0 Å². The van der Waals surface area contributed by atoms with Crippen LogP contribution in [0.2, 0.25) is 0 Å². The van der Waals surface area contributed by atoms with Gasteiger partial charge in [0.25, 0.3) is 0 Å². The average Bonchev–Trinajstić information content (AvgIpc) is 2.39. The molecule has 2 heterocycles. The van der Waals surface area contributed by atoms with Gasteiger partial charge in [-0.25, -0.2) is 0 Å². The van der Waals surface area contributed by atoms with Crippen LogP contribution in [0, 0.1) is 0 Å². The second kappa shape index (κ2) is 6.34. The number of nitrogens with zero attached hydrogens (tertiary/aromatic N) is 3. The Morgan fingerprint density at radius 2 is 1.74 bits per heavy atom. The Balaban J connectivity index is 1.76. The van der Waals surface area contributed by atoms with Crippen molar-refractivity contribution in [2.75, 3.05) is 52.4 Å². The van der Waals surface area contributed by atoms with Gasteiger partial charge in [0.15, 0.2) is 0 Å². The third kappa shape index (κ3) is 3.91. The number of morpholine rings is 1. The minimum absolute atomic E-state index is 0.0918. The van der Waals surface area contributed by atoms with Crippen molar-refractivity contribution >= 4 is 11.8 Å². The summed E-state index contributed by atoms with van der Waals surface area (Å²) in [5, 5.41) is 0. The van der Waals surface area contributed by atoms with E-state index in [9.17, 15) is 9.59 Å². The first kappa shape index (κ1) is 14.3. The zero-order chi connectivity index (χ0) is 13.8. The molecule has 2 aliphatic heterocycles. The third-order valence-electron chi connectivity index (χ3n) is 3.76. The molecule has 0 radical (unpaired) electrons. The Labute approximate surface area is 114 Å². The molecule has 0 saturated carbocycles. The van der Waals surface area contributed by atoms with Gasteiger partial charge in [-0.2, -0.15) is 0 Å². The molecule has 0 aromatic heterocycles. The third-order valence-corrected chi connectivity index (χ3v) is 3.76. The Morgan fingerprint density at radius 3 is 2.32 bits per heavy atom. The Morgan fingerprint density at radius 1 is 1.11 bits per heavy atom. The Kier molecular flexibility index (Phi) is 4.76. The molecule has 6 heteroatoms. The molecule has 0 spiro atoms. The molecule has 19 heavy (non-hydrogen) atoms. The summed E-state index contributed by atoms with van der Waals surface area (Å²) >= 11 is 0. The van der Waals surface area contributed by atoms with E-state index in [-0.39, 0.29) is 17.9 Å². The molecule has 108 valence electrons. The molecular weight excluding hydrogens is 246 g/mol. The summed E-state index contributed by atoms with van der Waals surface area (Å²) in [6.07, 6.45) is 0.205. The van der Waals surface area contributed by atoms with E-state index < -0.39 is 0 Å². The minimum Gasteiger partial charge on any atom is -0.376 e. The highest BCUT2D eigenvalue weighted by Crippen LogP contribution is 2.07. The molecule has 0 aliphatic carbocycles. The lowest BCUT2D eigenvalue weighted by Gasteiger charge is -2.36. The predicted molar refractivity (Wildman–Crippen MR) is 70.7 cm³/mol. The van der Waals surface area contributed by atoms with Gasteiger partial charge in [0.1, 0.15) is 0 Å². The van der Waals surface area contributed by atoms with Crippen LogP contribution in [0.3, 0.4) is 0 Å². The molecule has 2 amide bonds. The van der Waals surface area contributed by atoms with E-state index in [2.05, 4.69) is 4.90 Å². The largest absolute Gasteiger partial charge is 0.376 e. The summed E-state index contributed by atoms with van der Waals surface area (Å²) in [7, 11) is 0. The summed E-state index contributed by atoms with van der Waals surface area (Å²) in [4.78, 5) is 29.2. The highest BCUT2D eigenvalue weighted by molar-refractivity contribution is 5.79. The van der Waals surface area contributed by atoms with E-state index >= 15 is 0 Å². The Hall–Kier alpha value is -1.14. The number of hydrogen-bond acceptors (Lipinski definition) is 4. The smallest absolute Gasteiger partial charge is 0.236 e. The van der Waals surface area contributed by atoms with Crippen molar-refractivity contribution in [2.45, 2.75) is 20.0 Å². The molecule has 1 atom stereocenters. The molecule has 0 aromatic carbocycles. The maximum absolute atomic E-state index is 12.2. The molecule has 0 aromatic rings. The molecule has 0 N–H and O–H groups in total. The van der Waals surface area contributed by atoms with Gasteiger partial charge in [-0.15, -0.1) is 0 Å². The van der Waals surface area contributed by atoms with Crippen molar-refractivity contribution in [3.8, 4) is 0 Å². The number of piperazine rings is 1. The van der Waals surface area contributed by atoms with Crippen LogP contribution in [0.5, 0.6) is 0 Å². The summed E-state index contributed by atoms with van der Waals surface area (Å²) in [5.41, 5.74) is 0. The lowest BCUT2D eigenvalue weighted by Crippen LogP contribution is -2.53. The molecule has 2 fully saturated rings. The maximum Gasteiger partial charge on any atom is 0.236 e. The normalized spacial score (nSPS) is 25.5. The molecular formula is C13H23N3O3. The minimum atomic E-state index is 0.0918. The van der Waals surface area contributed by atoms with Crippen LogP contribution in [0.4, 0.5) is 0 Å². The fourth-order valence-corrected chi connectivity index (χ4v) is 2.60. The number of hydrogen-bond donors (Lipinski definition) is 0. The van der Waals surface area contributed by atoms with Gasteiger partial charge in [-0.05, 0) is 6.92 Å². The summed E-state index contributed by atoms with van der Waals surface area (Å²) < 4.78 is 5.46. The quantitative estimate of drug-likeness (QED) is 0.671. The molecule has 1 unspecified atom stereocenters. The van der Waals surface area contributed by atoms with Gasteiger partial charge in [0.2, 0.25) is 11.8 Å². The van der Waals surface area contributed by atoms with Crippen molar-refractivity contribution in [1.29, 1.82) is 0 Å². The van der Waals surface area contributed by atoms with Gasteiger partial charge in [-0.3, -0.25) is 14.5 Å². The molecule has 2 rings (SSSR count). The number of amides is 2. The van der Waals surface area contributed by atoms with Crippen molar-refractivity contribution < 1.29 is 14.3 Å². The van der Waals surface area contributed by atoms with E-state index in [1.54, 1.807) is 11.8 Å². The predicted octanol–water partition coefficient (Wildman–Crippen LogP) is -0.602. The Bertz CT molecular complexity index is 340. The van der Waals surface area contributed by atoms with Gasteiger partial charge in [-0.1, -0.05) is 0 Å². The van der Waals surface area contributed by atoms with E-state index in [1.807, 2.05) is 11.8 Å². The van der Waals surface area contributed by atoms with Crippen LogP contribution in [-0.2, 0) is 14.3 Å². The second-order valence-corrected chi connectivity index (χ2v) is 5.30. The number of rotatable bonds is 2. The summed E-state index contributed by atoms with van der Waals surface area (Å²) in [5.74, 6) is 0.256. The van der Waals surface area contributed by atoms with E-state index in [0.717, 1.165) is 13.1 Å². The van der Waals surface area contributed by atoms with Gasteiger partial charge in [0, 0.05) is 46.2 Å². The lowest BCUT2D eigenvalue weighted by atomic mass is 10.2. The van der Waals surface area contributed by atoms with Crippen molar-refractivity contribution in [1.82, 2.24) is 14.7 Å². The van der Waals surface area contributed by atoms with Crippen LogP contribution in [0.25, 0.3) is 0 Å². The average molecular weight is 269 g/mol. The van der Waals surface area contributed by atoms with E-state index in [4.69, 9.17) is 4.74 Å². The van der Waals surface area contributed by atoms with Gasteiger partial charge < -0.3 is 14.5 Å². The first-order chi connectivity index (χ1) is 9.06.